The Balaban J connectivity index is 1.49. The number of tetrazole rings is 1. The number of nitrogens with zero attached hydrogens (tertiary/aromatic N) is 6. The molecule has 0 bridgehead atoms. The molecule has 0 N–H and O–H groups in total. The Labute approximate surface area is 209 Å². The van der Waals surface area contributed by atoms with E-state index in [1.54, 1.807) is 14.2 Å². The van der Waals surface area contributed by atoms with Gasteiger partial charge in [-0.3, -0.25) is 4.90 Å². The molecular weight excluding hydrogens is 459 g/mol. The van der Waals surface area contributed by atoms with Crippen LogP contribution in [0.1, 0.15) is 23.0 Å². The van der Waals surface area contributed by atoms with Gasteiger partial charge in [-0.1, -0.05) is 42.5 Å². The first-order chi connectivity index (χ1) is 17.7. The number of hydrogen-bond acceptors (Lipinski definition) is 7. The fraction of sp³-hybridized carbons (Fsp3) is 0.296. The maximum Gasteiger partial charge on any atom is 0.173 e. The van der Waals surface area contributed by atoms with E-state index in [1.807, 2.05) is 53.2 Å². The first kappa shape index (κ1) is 23.7. The predicted octanol–water partition coefficient (Wildman–Crippen LogP) is 3.79. The van der Waals surface area contributed by atoms with Crippen molar-refractivity contribution < 1.29 is 13.9 Å². The summed E-state index contributed by atoms with van der Waals surface area (Å²) >= 11 is 0. The summed E-state index contributed by atoms with van der Waals surface area (Å²) in [6, 6.07) is 22.4. The Hall–Kier alpha value is -3.98. The third-order valence-electron chi connectivity index (χ3n) is 6.58. The van der Waals surface area contributed by atoms with E-state index in [0.717, 1.165) is 48.8 Å². The quantitative estimate of drug-likeness (QED) is 0.374. The zero-order valence-corrected chi connectivity index (χ0v) is 20.4. The van der Waals surface area contributed by atoms with Crippen LogP contribution in [0.4, 0.5) is 10.1 Å². The molecule has 8 nitrogen and oxygen atoms in total. The molecule has 0 saturated carbocycles. The van der Waals surface area contributed by atoms with Crippen LogP contribution in [0.2, 0.25) is 0 Å². The van der Waals surface area contributed by atoms with Gasteiger partial charge >= 0.3 is 0 Å². The van der Waals surface area contributed by atoms with Crippen LogP contribution in [0.5, 0.6) is 11.5 Å². The normalized spacial score (nSPS) is 15.0. The molecule has 4 aromatic rings. The lowest BCUT2D eigenvalue weighted by Crippen LogP contribution is -2.48. The molecule has 1 atom stereocenters. The monoisotopic (exact) mass is 488 g/mol. The number of halogens is 1. The van der Waals surface area contributed by atoms with Gasteiger partial charge in [0.2, 0.25) is 0 Å². The average Bonchev–Trinajstić information content (AvgIpc) is 3.37. The molecule has 1 saturated heterocycles. The van der Waals surface area contributed by atoms with Gasteiger partial charge in [-0.05, 0) is 46.3 Å². The number of para-hydroxylation sites is 1. The number of anilines is 1. The molecule has 0 aliphatic carbocycles. The van der Waals surface area contributed by atoms with Crippen molar-refractivity contribution in [3.63, 3.8) is 0 Å². The second kappa shape index (κ2) is 10.7. The molecule has 1 fully saturated rings. The second-order valence-corrected chi connectivity index (χ2v) is 8.67. The molecule has 0 amide bonds. The highest BCUT2D eigenvalue weighted by atomic mass is 19.1. The molecule has 2 heterocycles. The van der Waals surface area contributed by atoms with Crippen LogP contribution in [-0.2, 0) is 6.54 Å². The van der Waals surface area contributed by atoms with Crippen molar-refractivity contribution in [3.8, 4) is 11.5 Å². The predicted molar refractivity (Wildman–Crippen MR) is 135 cm³/mol. The van der Waals surface area contributed by atoms with E-state index in [2.05, 4.69) is 37.5 Å². The molecule has 1 aliphatic rings. The standard InChI is InChI=1S/C27H29FN6O2/c1-35-24-10-6-9-23(26(24)36-2)25(27-29-30-31-34(27)19-20-7-4-3-5-8-20)33-17-15-32(16-18-33)22-13-11-21(28)12-14-22/h3-14,25H,15-19H2,1-2H3. The number of ether oxygens (including phenoxy) is 2. The SMILES string of the molecule is COc1cccc(C(c2nnnn2Cc2ccccc2)N2CCN(c3ccc(F)cc3)CC2)c1OC. The van der Waals surface area contributed by atoms with Crippen LogP contribution in [-0.4, -0.2) is 65.5 Å². The summed E-state index contributed by atoms with van der Waals surface area (Å²) in [4.78, 5) is 4.63. The molecule has 3 aromatic carbocycles. The number of hydrogen-bond donors (Lipinski definition) is 0. The minimum Gasteiger partial charge on any atom is -0.493 e. The molecule has 5 rings (SSSR count). The van der Waals surface area contributed by atoms with E-state index < -0.39 is 0 Å². The summed E-state index contributed by atoms with van der Waals surface area (Å²) in [5, 5.41) is 12.9. The Morgan fingerprint density at radius 3 is 2.31 bits per heavy atom. The van der Waals surface area contributed by atoms with Crippen LogP contribution in [0, 0.1) is 5.82 Å². The lowest BCUT2D eigenvalue weighted by molar-refractivity contribution is 0.197. The van der Waals surface area contributed by atoms with Gasteiger partial charge in [0.1, 0.15) is 11.9 Å². The average molecular weight is 489 g/mol. The van der Waals surface area contributed by atoms with E-state index in [1.165, 1.54) is 12.1 Å². The van der Waals surface area contributed by atoms with Crippen LogP contribution >= 0.6 is 0 Å². The van der Waals surface area contributed by atoms with E-state index in [4.69, 9.17) is 9.47 Å². The van der Waals surface area contributed by atoms with Gasteiger partial charge in [-0.25, -0.2) is 9.07 Å². The summed E-state index contributed by atoms with van der Waals surface area (Å²) in [5.74, 6) is 1.83. The number of piperazine rings is 1. The van der Waals surface area contributed by atoms with Gasteiger partial charge in [0.15, 0.2) is 17.3 Å². The molecule has 9 heteroatoms. The van der Waals surface area contributed by atoms with Crippen LogP contribution in [0.15, 0.2) is 72.8 Å². The summed E-state index contributed by atoms with van der Waals surface area (Å²) < 4.78 is 26.7. The highest BCUT2D eigenvalue weighted by Gasteiger charge is 2.33. The Morgan fingerprint density at radius 1 is 0.861 bits per heavy atom. The summed E-state index contributed by atoms with van der Waals surface area (Å²) in [7, 11) is 3.29. The Morgan fingerprint density at radius 2 is 1.61 bits per heavy atom. The van der Waals surface area contributed by atoms with Gasteiger partial charge in [-0.15, -0.1) is 5.10 Å². The highest BCUT2D eigenvalue weighted by molar-refractivity contribution is 5.50. The molecule has 36 heavy (non-hydrogen) atoms. The Bertz CT molecular complexity index is 1270. The van der Waals surface area contributed by atoms with Gasteiger partial charge in [0.05, 0.1) is 20.8 Å². The third-order valence-corrected chi connectivity index (χ3v) is 6.58. The lowest BCUT2D eigenvalue weighted by Gasteiger charge is -2.40. The fourth-order valence-corrected chi connectivity index (χ4v) is 4.79. The maximum atomic E-state index is 13.4. The minimum atomic E-state index is -0.246. The highest BCUT2D eigenvalue weighted by Crippen LogP contribution is 2.40. The van der Waals surface area contributed by atoms with Crippen LogP contribution in [0.3, 0.4) is 0 Å². The van der Waals surface area contributed by atoms with Gasteiger partial charge in [0.25, 0.3) is 0 Å². The van der Waals surface area contributed by atoms with Crippen LogP contribution < -0.4 is 14.4 Å². The topological polar surface area (TPSA) is 68.5 Å². The molecule has 1 aliphatic heterocycles. The molecule has 0 radical (unpaired) electrons. The summed E-state index contributed by atoms with van der Waals surface area (Å²) in [5.41, 5.74) is 3.07. The zero-order chi connectivity index (χ0) is 24.9. The molecular formula is C27H29FN6O2. The smallest absolute Gasteiger partial charge is 0.173 e. The first-order valence-electron chi connectivity index (χ1n) is 11.9. The lowest BCUT2D eigenvalue weighted by atomic mass is 10.0. The van der Waals surface area contributed by atoms with Gasteiger partial charge < -0.3 is 14.4 Å². The minimum absolute atomic E-state index is 0.229. The van der Waals surface area contributed by atoms with E-state index in [0.29, 0.717) is 18.0 Å². The second-order valence-electron chi connectivity index (χ2n) is 8.67. The van der Waals surface area contributed by atoms with Crippen molar-refractivity contribution in [2.75, 3.05) is 45.3 Å². The van der Waals surface area contributed by atoms with E-state index in [-0.39, 0.29) is 11.9 Å². The van der Waals surface area contributed by atoms with E-state index >= 15 is 0 Å². The van der Waals surface area contributed by atoms with Gasteiger partial charge in [-0.2, -0.15) is 0 Å². The van der Waals surface area contributed by atoms with Crippen molar-refractivity contribution >= 4 is 5.69 Å². The van der Waals surface area contributed by atoms with Crippen LogP contribution in [0.25, 0.3) is 0 Å². The third kappa shape index (κ3) is 4.87. The maximum absolute atomic E-state index is 13.4. The number of aromatic nitrogens is 4. The fourth-order valence-electron chi connectivity index (χ4n) is 4.79. The molecule has 0 spiro atoms. The zero-order valence-electron chi connectivity index (χ0n) is 20.4. The number of rotatable bonds is 8. The van der Waals surface area contributed by atoms with Crippen molar-refractivity contribution in [1.29, 1.82) is 0 Å². The van der Waals surface area contributed by atoms with Gasteiger partial charge in [0, 0.05) is 37.4 Å². The van der Waals surface area contributed by atoms with Crippen molar-refractivity contribution in [2.24, 2.45) is 0 Å². The first-order valence-corrected chi connectivity index (χ1v) is 11.9. The van der Waals surface area contributed by atoms with Crippen molar-refractivity contribution in [2.45, 2.75) is 12.6 Å². The number of methoxy groups -OCH3 is 2. The summed E-state index contributed by atoms with van der Waals surface area (Å²) in [6.07, 6.45) is 0. The van der Waals surface area contributed by atoms with Crippen molar-refractivity contribution in [3.05, 3.63) is 95.6 Å². The number of benzene rings is 3. The largest absolute Gasteiger partial charge is 0.493 e. The molecule has 186 valence electrons. The summed E-state index contributed by atoms with van der Waals surface area (Å²) in [6.45, 7) is 3.66. The van der Waals surface area contributed by atoms with E-state index in [9.17, 15) is 4.39 Å². The molecule has 1 aromatic heterocycles. The van der Waals surface area contributed by atoms with Crippen molar-refractivity contribution in [1.82, 2.24) is 25.1 Å². The Kier molecular flexibility index (Phi) is 7.08. The molecule has 1 unspecified atom stereocenters.